The lowest BCUT2D eigenvalue weighted by Crippen LogP contribution is -2.47. The van der Waals surface area contributed by atoms with Crippen LogP contribution in [0.15, 0.2) is 0 Å². The molecule has 0 saturated carbocycles. The first-order valence-electron chi connectivity index (χ1n) is 4.83. The Kier molecular flexibility index (Phi) is 4.66. The van der Waals surface area contributed by atoms with Crippen molar-refractivity contribution in [1.82, 2.24) is 4.90 Å². The molecule has 0 aromatic heterocycles. The van der Waals surface area contributed by atoms with Gasteiger partial charge < -0.3 is 15.2 Å². The fourth-order valence-electron chi connectivity index (χ4n) is 1.53. The minimum Gasteiger partial charge on any atom is -0.380 e. The van der Waals surface area contributed by atoms with Gasteiger partial charge in [-0.05, 0) is 6.92 Å². The molecule has 1 aliphatic heterocycles. The summed E-state index contributed by atoms with van der Waals surface area (Å²) in [4.78, 5) is 2.34. The third-order valence-electron chi connectivity index (χ3n) is 2.40. The lowest BCUT2D eigenvalue weighted by atomic mass is 10.2. The molecule has 4 heteroatoms. The molecular formula is C9H20N2O2. The SMILES string of the molecule is COC(C)CN1CCOC(CN)C1. The van der Waals surface area contributed by atoms with Gasteiger partial charge in [-0.25, -0.2) is 0 Å². The van der Waals surface area contributed by atoms with E-state index in [9.17, 15) is 0 Å². The molecule has 0 aromatic rings. The molecular weight excluding hydrogens is 168 g/mol. The zero-order chi connectivity index (χ0) is 9.68. The Morgan fingerprint density at radius 1 is 1.69 bits per heavy atom. The second kappa shape index (κ2) is 5.54. The van der Waals surface area contributed by atoms with E-state index in [0.717, 1.165) is 26.2 Å². The molecule has 0 spiro atoms. The molecule has 13 heavy (non-hydrogen) atoms. The number of nitrogens with zero attached hydrogens (tertiary/aromatic N) is 1. The maximum absolute atomic E-state index is 5.55. The average molecular weight is 188 g/mol. The van der Waals surface area contributed by atoms with Crippen LogP contribution in [0.1, 0.15) is 6.92 Å². The highest BCUT2D eigenvalue weighted by molar-refractivity contribution is 4.73. The minimum absolute atomic E-state index is 0.206. The van der Waals surface area contributed by atoms with Crippen LogP contribution in [0.2, 0.25) is 0 Å². The van der Waals surface area contributed by atoms with Crippen molar-refractivity contribution >= 4 is 0 Å². The Hall–Kier alpha value is -0.160. The number of ether oxygens (including phenoxy) is 2. The van der Waals surface area contributed by atoms with Crippen molar-refractivity contribution in [2.75, 3.05) is 39.9 Å². The number of methoxy groups -OCH3 is 1. The third-order valence-corrected chi connectivity index (χ3v) is 2.40. The Morgan fingerprint density at radius 2 is 2.46 bits per heavy atom. The van der Waals surface area contributed by atoms with Crippen LogP contribution < -0.4 is 5.73 Å². The summed E-state index contributed by atoms with van der Waals surface area (Å²) in [5.74, 6) is 0. The summed E-state index contributed by atoms with van der Waals surface area (Å²) in [7, 11) is 1.74. The van der Waals surface area contributed by atoms with Crippen LogP contribution in [-0.4, -0.2) is 57.0 Å². The molecule has 78 valence electrons. The van der Waals surface area contributed by atoms with Crippen molar-refractivity contribution in [2.45, 2.75) is 19.1 Å². The fourth-order valence-corrected chi connectivity index (χ4v) is 1.53. The van der Waals surface area contributed by atoms with Crippen LogP contribution in [-0.2, 0) is 9.47 Å². The Morgan fingerprint density at radius 3 is 3.08 bits per heavy atom. The molecule has 0 radical (unpaired) electrons. The molecule has 1 rings (SSSR count). The number of hydrogen-bond acceptors (Lipinski definition) is 4. The molecule has 1 aliphatic rings. The quantitative estimate of drug-likeness (QED) is 0.657. The second-order valence-corrected chi connectivity index (χ2v) is 3.53. The molecule has 4 nitrogen and oxygen atoms in total. The molecule has 0 aliphatic carbocycles. The van der Waals surface area contributed by atoms with Crippen LogP contribution in [0.3, 0.4) is 0 Å². The van der Waals surface area contributed by atoms with Crippen molar-refractivity contribution in [3.63, 3.8) is 0 Å². The number of rotatable bonds is 4. The van der Waals surface area contributed by atoms with Gasteiger partial charge in [-0.2, -0.15) is 0 Å². The standard InChI is InChI=1S/C9H20N2O2/c1-8(12-2)6-11-3-4-13-9(5-10)7-11/h8-9H,3-7,10H2,1-2H3. The van der Waals surface area contributed by atoms with Crippen molar-refractivity contribution in [1.29, 1.82) is 0 Å². The molecule has 1 saturated heterocycles. The number of nitrogens with two attached hydrogens (primary N) is 1. The number of hydrogen-bond donors (Lipinski definition) is 1. The molecule has 0 aromatic carbocycles. The smallest absolute Gasteiger partial charge is 0.0824 e. The first-order valence-corrected chi connectivity index (χ1v) is 4.83. The van der Waals surface area contributed by atoms with E-state index in [1.54, 1.807) is 7.11 Å². The van der Waals surface area contributed by atoms with Gasteiger partial charge in [-0.15, -0.1) is 0 Å². The molecule has 1 heterocycles. The topological polar surface area (TPSA) is 47.7 Å². The van der Waals surface area contributed by atoms with E-state index in [0.29, 0.717) is 6.54 Å². The van der Waals surface area contributed by atoms with Gasteiger partial charge in [0.2, 0.25) is 0 Å². The molecule has 1 fully saturated rings. The highest BCUT2D eigenvalue weighted by Crippen LogP contribution is 2.05. The fraction of sp³-hybridized carbons (Fsp3) is 1.00. The lowest BCUT2D eigenvalue weighted by molar-refractivity contribution is -0.0384. The summed E-state index contributed by atoms with van der Waals surface area (Å²) in [5.41, 5.74) is 5.55. The first-order chi connectivity index (χ1) is 6.26. The monoisotopic (exact) mass is 188 g/mol. The van der Waals surface area contributed by atoms with Gasteiger partial charge in [0.25, 0.3) is 0 Å². The van der Waals surface area contributed by atoms with Crippen LogP contribution >= 0.6 is 0 Å². The van der Waals surface area contributed by atoms with E-state index < -0.39 is 0 Å². The van der Waals surface area contributed by atoms with Gasteiger partial charge in [0.1, 0.15) is 0 Å². The summed E-state index contributed by atoms with van der Waals surface area (Å²) in [6.45, 7) is 6.37. The highest BCUT2D eigenvalue weighted by atomic mass is 16.5. The van der Waals surface area contributed by atoms with E-state index in [1.807, 2.05) is 0 Å². The van der Waals surface area contributed by atoms with Crippen molar-refractivity contribution in [2.24, 2.45) is 5.73 Å². The van der Waals surface area contributed by atoms with E-state index in [2.05, 4.69) is 11.8 Å². The Balaban J connectivity index is 2.25. The average Bonchev–Trinajstić information content (AvgIpc) is 2.18. The zero-order valence-corrected chi connectivity index (χ0v) is 8.53. The summed E-state index contributed by atoms with van der Waals surface area (Å²) in [6.07, 6.45) is 0.495. The van der Waals surface area contributed by atoms with Gasteiger partial charge in [0.05, 0.1) is 18.8 Å². The highest BCUT2D eigenvalue weighted by Gasteiger charge is 2.20. The Labute approximate surface area is 80.0 Å². The lowest BCUT2D eigenvalue weighted by Gasteiger charge is -2.33. The van der Waals surface area contributed by atoms with Gasteiger partial charge in [0.15, 0.2) is 0 Å². The second-order valence-electron chi connectivity index (χ2n) is 3.53. The largest absolute Gasteiger partial charge is 0.380 e. The third kappa shape index (κ3) is 3.60. The first kappa shape index (κ1) is 10.9. The van der Waals surface area contributed by atoms with Gasteiger partial charge in [0, 0.05) is 33.3 Å². The van der Waals surface area contributed by atoms with Crippen molar-refractivity contribution in [3.8, 4) is 0 Å². The number of morpholine rings is 1. The predicted octanol–water partition coefficient (Wildman–Crippen LogP) is -0.319. The van der Waals surface area contributed by atoms with Crippen LogP contribution in [0.25, 0.3) is 0 Å². The maximum Gasteiger partial charge on any atom is 0.0824 e. The van der Waals surface area contributed by atoms with E-state index in [1.165, 1.54) is 0 Å². The molecule has 2 N–H and O–H groups in total. The minimum atomic E-state index is 0.206. The summed E-state index contributed by atoms with van der Waals surface area (Å²) >= 11 is 0. The summed E-state index contributed by atoms with van der Waals surface area (Å²) < 4.78 is 10.7. The summed E-state index contributed by atoms with van der Waals surface area (Å²) in [6, 6.07) is 0. The van der Waals surface area contributed by atoms with Crippen LogP contribution in [0.5, 0.6) is 0 Å². The molecule has 2 unspecified atom stereocenters. The van der Waals surface area contributed by atoms with Crippen LogP contribution in [0.4, 0.5) is 0 Å². The van der Waals surface area contributed by atoms with E-state index >= 15 is 0 Å². The molecule has 2 atom stereocenters. The van der Waals surface area contributed by atoms with Crippen molar-refractivity contribution in [3.05, 3.63) is 0 Å². The van der Waals surface area contributed by atoms with E-state index in [4.69, 9.17) is 15.2 Å². The predicted molar refractivity (Wildman–Crippen MR) is 51.7 cm³/mol. The Bertz CT molecular complexity index is 142. The molecule has 0 bridgehead atoms. The van der Waals surface area contributed by atoms with Gasteiger partial charge in [-0.3, -0.25) is 4.90 Å². The summed E-state index contributed by atoms with van der Waals surface area (Å²) in [5, 5.41) is 0. The van der Waals surface area contributed by atoms with Crippen molar-refractivity contribution < 1.29 is 9.47 Å². The molecule has 0 amide bonds. The van der Waals surface area contributed by atoms with Gasteiger partial charge >= 0.3 is 0 Å². The van der Waals surface area contributed by atoms with Gasteiger partial charge in [-0.1, -0.05) is 0 Å². The van der Waals surface area contributed by atoms with Crippen LogP contribution in [0, 0.1) is 0 Å². The maximum atomic E-state index is 5.55. The van der Waals surface area contributed by atoms with E-state index in [-0.39, 0.29) is 12.2 Å². The zero-order valence-electron chi connectivity index (χ0n) is 8.53. The normalized spacial score (nSPS) is 27.5.